The summed E-state index contributed by atoms with van der Waals surface area (Å²) in [5.41, 5.74) is 7.98. The molecule has 4 aliphatic rings. The molecule has 8 rings (SSSR count). The number of hydrogen-bond donors (Lipinski definition) is 0. The summed E-state index contributed by atoms with van der Waals surface area (Å²) < 4.78 is 0. The van der Waals surface area contributed by atoms with Crippen LogP contribution in [-0.4, -0.2) is 24.2 Å². The fourth-order valence-electron chi connectivity index (χ4n) is 8.74. The van der Waals surface area contributed by atoms with Gasteiger partial charge in [-0.1, -0.05) is 98.5 Å². The molecule has 4 unspecified atom stereocenters. The first-order valence-corrected chi connectivity index (χ1v) is 16.8. The summed E-state index contributed by atoms with van der Waals surface area (Å²) in [6.45, 7) is 4.59. The molecular weight excluding hydrogens is 536 g/mol. The van der Waals surface area contributed by atoms with Crippen molar-refractivity contribution >= 4 is 22.7 Å². The van der Waals surface area contributed by atoms with Gasteiger partial charge in [0, 0.05) is 22.7 Å². The molecule has 2 saturated carbocycles. The molecule has 0 bridgehead atoms. The highest BCUT2D eigenvalue weighted by molar-refractivity contribution is 5.77. The van der Waals surface area contributed by atoms with E-state index >= 15 is 0 Å². The third kappa shape index (κ3) is 4.41. The van der Waals surface area contributed by atoms with Crippen molar-refractivity contribution in [2.75, 3.05) is 19.6 Å². The topological polar surface area (TPSA) is 13.0 Å². The lowest BCUT2D eigenvalue weighted by atomic mass is 9.89. The highest BCUT2D eigenvalue weighted by atomic mass is 15.5. The van der Waals surface area contributed by atoms with Crippen molar-refractivity contribution in [3.05, 3.63) is 132 Å². The number of para-hydroxylation sites is 4. The first kappa shape index (κ1) is 27.4. The van der Waals surface area contributed by atoms with Gasteiger partial charge in [-0.2, -0.15) is 0 Å². The molecule has 2 aliphatic heterocycles. The first-order chi connectivity index (χ1) is 21.7. The number of benzene rings is 4. The largest absolute Gasteiger partial charge is 0.320 e. The molecule has 0 N–H and O–H groups in total. The van der Waals surface area contributed by atoms with Crippen LogP contribution in [0, 0.1) is 13.8 Å². The molecule has 2 saturated heterocycles. The number of nitrogens with zero attached hydrogens (tertiary/aromatic N) is 4. The molecule has 0 spiro atoms. The monoisotopic (exact) mass is 580 g/mol. The molecule has 0 radical (unpaired) electrons. The van der Waals surface area contributed by atoms with Gasteiger partial charge in [-0.3, -0.25) is 0 Å². The molecule has 4 aromatic carbocycles. The van der Waals surface area contributed by atoms with Crippen molar-refractivity contribution in [2.24, 2.45) is 0 Å². The van der Waals surface area contributed by atoms with Gasteiger partial charge in [0.1, 0.15) is 0 Å². The van der Waals surface area contributed by atoms with Crippen LogP contribution in [0.15, 0.2) is 121 Å². The van der Waals surface area contributed by atoms with E-state index in [4.69, 9.17) is 0 Å². The Morgan fingerprint density at radius 1 is 0.386 bits per heavy atom. The summed E-state index contributed by atoms with van der Waals surface area (Å²) in [5.74, 6) is 2.70. The van der Waals surface area contributed by atoms with Crippen LogP contribution < -0.4 is 19.6 Å². The molecule has 0 amide bonds. The van der Waals surface area contributed by atoms with Gasteiger partial charge >= 0.3 is 0 Å². The Morgan fingerprint density at radius 2 is 0.705 bits per heavy atom. The van der Waals surface area contributed by atoms with Crippen LogP contribution in [0.2, 0.25) is 0 Å². The Balaban J connectivity index is 1.49. The maximum absolute atomic E-state index is 2.78. The van der Waals surface area contributed by atoms with E-state index in [0.29, 0.717) is 24.2 Å². The lowest BCUT2D eigenvalue weighted by Gasteiger charge is -2.36. The van der Waals surface area contributed by atoms with E-state index in [1.807, 2.05) is 0 Å². The van der Waals surface area contributed by atoms with Gasteiger partial charge in [0.25, 0.3) is 0 Å². The minimum Gasteiger partial charge on any atom is -0.320 e. The van der Waals surface area contributed by atoms with E-state index in [9.17, 15) is 0 Å². The number of hydrogen-bond acceptors (Lipinski definition) is 4. The standard InChI is InChI=1S/C40H44N4/c1-29-17-9-11-23-33(29)43-37-27-15-16-28-38(37)44(34-24-12-10-18-30(34)2)40(43)39-41(31-19-5-3-6-20-31)35-25-13-14-26-36(35)42(39)32-21-7-4-8-22-32/h3-12,17-24,35-38H,13-16,25-28H2,1-2H3. The van der Waals surface area contributed by atoms with Crippen LogP contribution in [0.4, 0.5) is 22.7 Å². The van der Waals surface area contributed by atoms with Crippen molar-refractivity contribution in [1.29, 1.82) is 0 Å². The van der Waals surface area contributed by atoms with Crippen LogP contribution in [0.5, 0.6) is 0 Å². The zero-order valence-electron chi connectivity index (χ0n) is 26.1. The van der Waals surface area contributed by atoms with Gasteiger partial charge in [-0.05, 0) is 87.1 Å². The predicted molar refractivity (Wildman–Crippen MR) is 184 cm³/mol. The maximum atomic E-state index is 2.78. The average Bonchev–Trinajstić information content (AvgIpc) is 3.59. The Labute approximate surface area is 263 Å². The molecular formula is C40H44N4. The van der Waals surface area contributed by atoms with Crippen molar-refractivity contribution < 1.29 is 0 Å². The van der Waals surface area contributed by atoms with E-state index in [1.54, 1.807) is 0 Å². The second-order valence-corrected chi connectivity index (χ2v) is 13.2. The zero-order valence-corrected chi connectivity index (χ0v) is 26.1. The molecule has 44 heavy (non-hydrogen) atoms. The quantitative estimate of drug-likeness (QED) is 0.238. The third-order valence-electron chi connectivity index (χ3n) is 10.6. The highest BCUT2D eigenvalue weighted by Gasteiger charge is 2.53. The second kappa shape index (κ2) is 11.4. The highest BCUT2D eigenvalue weighted by Crippen LogP contribution is 2.52. The van der Waals surface area contributed by atoms with Crippen LogP contribution in [0.3, 0.4) is 0 Å². The van der Waals surface area contributed by atoms with Crippen LogP contribution in [-0.2, 0) is 0 Å². The van der Waals surface area contributed by atoms with Crippen LogP contribution >= 0.6 is 0 Å². The fraction of sp³-hybridized carbons (Fsp3) is 0.350. The number of fused-ring (bicyclic) bond motifs is 2. The van der Waals surface area contributed by atoms with E-state index in [0.717, 1.165) is 0 Å². The van der Waals surface area contributed by atoms with Gasteiger partial charge < -0.3 is 19.6 Å². The third-order valence-corrected chi connectivity index (χ3v) is 10.6. The van der Waals surface area contributed by atoms with E-state index in [2.05, 4.69) is 143 Å². The zero-order chi connectivity index (χ0) is 29.6. The number of aryl methyl sites for hydroxylation is 2. The van der Waals surface area contributed by atoms with Gasteiger partial charge in [-0.25, -0.2) is 0 Å². The van der Waals surface area contributed by atoms with Gasteiger partial charge in [0.15, 0.2) is 11.6 Å². The SMILES string of the molecule is Cc1ccccc1N1C(=C2N(c3ccccc3)C3CCCCC3N2c2ccccc2)N(c2ccccc2C)C2CCCCC21. The lowest BCUT2D eigenvalue weighted by molar-refractivity contribution is 0.409. The van der Waals surface area contributed by atoms with Crippen molar-refractivity contribution in [1.82, 2.24) is 0 Å². The van der Waals surface area contributed by atoms with E-state index < -0.39 is 0 Å². The Morgan fingerprint density at radius 3 is 1.09 bits per heavy atom. The van der Waals surface area contributed by atoms with Crippen molar-refractivity contribution in [3.8, 4) is 0 Å². The minimum absolute atomic E-state index is 0.421. The number of anilines is 4. The first-order valence-electron chi connectivity index (χ1n) is 16.8. The average molecular weight is 581 g/mol. The summed E-state index contributed by atoms with van der Waals surface area (Å²) in [6.07, 6.45) is 9.97. The van der Waals surface area contributed by atoms with Gasteiger partial charge in [0.05, 0.1) is 24.2 Å². The predicted octanol–water partition coefficient (Wildman–Crippen LogP) is 9.41. The normalized spacial score (nSPS) is 25.0. The molecule has 4 aromatic rings. The summed E-state index contributed by atoms with van der Waals surface area (Å²) in [6, 6.07) is 42.4. The molecule has 2 heterocycles. The summed E-state index contributed by atoms with van der Waals surface area (Å²) >= 11 is 0. The maximum Gasteiger partial charge on any atom is 0.156 e. The lowest BCUT2D eigenvalue weighted by Crippen LogP contribution is -2.40. The van der Waals surface area contributed by atoms with Crippen LogP contribution in [0.1, 0.15) is 62.5 Å². The van der Waals surface area contributed by atoms with E-state index in [-0.39, 0.29) is 0 Å². The van der Waals surface area contributed by atoms with Gasteiger partial charge in [0.2, 0.25) is 0 Å². The molecule has 4 atom stereocenters. The van der Waals surface area contributed by atoms with Gasteiger partial charge in [-0.15, -0.1) is 0 Å². The second-order valence-electron chi connectivity index (χ2n) is 13.2. The Kier molecular flexibility index (Phi) is 7.09. The smallest absolute Gasteiger partial charge is 0.156 e. The minimum atomic E-state index is 0.421. The van der Waals surface area contributed by atoms with Crippen LogP contribution in [0.25, 0.3) is 0 Å². The Bertz CT molecular complexity index is 1530. The molecule has 4 nitrogen and oxygen atoms in total. The van der Waals surface area contributed by atoms with Crippen molar-refractivity contribution in [2.45, 2.75) is 89.4 Å². The number of rotatable bonds is 4. The van der Waals surface area contributed by atoms with Crippen molar-refractivity contribution in [3.63, 3.8) is 0 Å². The molecule has 2 aliphatic carbocycles. The summed E-state index contributed by atoms with van der Waals surface area (Å²) in [4.78, 5) is 11.1. The fourth-order valence-corrected chi connectivity index (χ4v) is 8.74. The molecule has 0 aromatic heterocycles. The summed E-state index contributed by atoms with van der Waals surface area (Å²) in [7, 11) is 0. The molecule has 4 heteroatoms. The molecule has 4 fully saturated rings. The summed E-state index contributed by atoms with van der Waals surface area (Å²) in [5, 5.41) is 0. The van der Waals surface area contributed by atoms with E-state index in [1.165, 1.54) is 96.9 Å². The molecule has 224 valence electrons. The Hall–Kier alpha value is -4.18.